The molecular weight excluding hydrogens is 266 g/mol. The minimum Gasteiger partial charge on any atom is -0.350 e. The van der Waals surface area contributed by atoms with E-state index in [4.69, 9.17) is 0 Å². The third-order valence-corrected chi connectivity index (χ3v) is 2.91. The molecule has 0 aliphatic carbocycles. The van der Waals surface area contributed by atoms with Gasteiger partial charge in [-0.05, 0) is 24.6 Å². The molecule has 1 aromatic heterocycles. The first-order chi connectivity index (χ1) is 10.1. The first-order valence-electron chi connectivity index (χ1n) is 6.65. The van der Waals surface area contributed by atoms with Crippen LogP contribution in [-0.4, -0.2) is 23.3 Å². The lowest BCUT2D eigenvalue weighted by Crippen LogP contribution is -2.36. The van der Waals surface area contributed by atoms with E-state index in [0.29, 0.717) is 12.1 Å². The Hall–Kier alpha value is -2.69. The number of rotatable bonds is 5. The molecule has 5 heteroatoms. The Morgan fingerprint density at radius 1 is 1.14 bits per heavy atom. The second kappa shape index (κ2) is 7.19. The summed E-state index contributed by atoms with van der Waals surface area (Å²) in [6.07, 6.45) is 3.05. The van der Waals surface area contributed by atoms with Gasteiger partial charge in [-0.15, -0.1) is 0 Å². The molecule has 2 N–H and O–H groups in total. The standard InChI is InChI=1S/C16H17N3O2/c1-12-4-2-5-13(8-12)9-18-15(20)11-19-16(21)14-6-3-7-17-10-14/h2-8,10H,9,11H2,1H3,(H,18,20)(H,19,21). The van der Waals surface area contributed by atoms with Crippen molar-refractivity contribution in [2.24, 2.45) is 0 Å². The van der Waals surface area contributed by atoms with Crippen molar-refractivity contribution in [2.45, 2.75) is 13.5 Å². The van der Waals surface area contributed by atoms with Crippen LogP contribution in [0.15, 0.2) is 48.8 Å². The largest absolute Gasteiger partial charge is 0.350 e. The maximum atomic E-state index is 11.7. The van der Waals surface area contributed by atoms with Crippen molar-refractivity contribution < 1.29 is 9.59 Å². The maximum absolute atomic E-state index is 11.7. The highest BCUT2D eigenvalue weighted by atomic mass is 16.2. The fourth-order valence-electron chi connectivity index (χ4n) is 1.84. The van der Waals surface area contributed by atoms with Crippen LogP contribution in [0.3, 0.4) is 0 Å². The quantitative estimate of drug-likeness (QED) is 0.872. The van der Waals surface area contributed by atoms with Crippen LogP contribution in [0, 0.1) is 6.92 Å². The first kappa shape index (κ1) is 14.7. The van der Waals surface area contributed by atoms with E-state index in [1.165, 1.54) is 6.20 Å². The van der Waals surface area contributed by atoms with Crippen LogP contribution in [0.4, 0.5) is 0 Å². The zero-order valence-corrected chi connectivity index (χ0v) is 11.8. The van der Waals surface area contributed by atoms with E-state index in [1.807, 2.05) is 31.2 Å². The third-order valence-electron chi connectivity index (χ3n) is 2.91. The Balaban J connectivity index is 1.76. The monoisotopic (exact) mass is 283 g/mol. The van der Waals surface area contributed by atoms with Crippen LogP contribution in [0.25, 0.3) is 0 Å². The summed E-state index contributed by atoms with van der Waals surface area (Å²) in [5.74, 6) is -0.539. The molecule has 1 aromatic carbocycles. The highest BCUT2D eigenvalue weighted by molar-refractivity contribution is 5.96. The van der Waals surface area contributed by atoms with Crippen molar-refractivity contribution in [2.75, 3.05) is 6.54 Å². The summed E-state index contributed by atoms with van der Waals surface area (Å²) in [6, 6.07) is 11.2. The third kappa shape index (κ3) is 4.72. The van der Waals surface area contributed by atoms with Crippen LogP contribution >= 0.6 is 0 Å². The molecule has 2 amide bonds. The van der Waals surface area contributed by atoms with Crippen LogP contribution in [-0.2, 0) is 11.3 Å². The highest BCUT2D eigenvalue weighted by Crippen LogP contribution is 2.03. The number of nitrogens with zero attached hydrogens (tertiary/aromatic N) is 1. The smallest absolute Gasteiger partial charge is 0.253 e. The van der Waals surface area contributed by atoms with E-state index in [1.54, 1.807) is 18.3 Å². The fourth-order valence-corrected chi connectivity index (χ4v) is 1.84. The van der Waals surface area contributed by atoms with Crippen LogP contribution in [0.5, 0.6) is 0 Å². The van der Waals surface area contributed by atoms with Crippen molar-refractivity contribution in [1.29, 1.82) is 0 Å². The SMILES string of the molecule is Cc1cccc(CNC(=O)CNC(=O)c2cccnc2)c1. The summed E-state index contributed by atoms with van der Waals surface area (Å²) in [4.78, 5) is 27.3. The molecule has 0 saturated carbocycles. The predicted molar refractivity (Wildman–Crippen MR) is 79.6 cm³/mol. The molecule has 1 heterocycles. The van der Waals surface area contributed by atoms with Gasteiger partial charge < -0.3 is 10.6 Å². The van der Waals surface area contributed by atoms with Gasteiger partial charge in [-0.25, -0.2) is 0 Å². The molecular formula is C16H17N3O2. The number of amides is 2. The Labute approximate surface area is 123 Å². The van der Waals surface area contributed by atoms with E-state index in [2.05, 4.69) is 15.6 Å². The number of carbonyl (C=O) groups excluding carboxylic acids is 2. The number of pyridine rings is 1. The number of aromatic nitrogens is 1. The molecule has 0 atom stereocenters. The molecule has 21 heavy (non-hydrogen) atoms. The Bertz CT molecular complexity index is 626. The van der Waals surface area contributed by atoms with Gasteiger partial charge in [0.1, 0.15) is 0 Å². The molecule has 5 nitrogen and oxygen atoms in total. The van der Waals surface area contributed by atoms with Gasteiger partial charge in [0.15, 0.2) is 0 Å². The average Bonchev–Trinajstić information content (AvgIpc) is 2.51. The van der Waals surface area contributed by atoms with Gasteiger partial charge in [-0.1, -0.05) is 29.8 Å². The van der Waals surface area contributed by atoms with Crippen molar-refractivity contribution in [3.05, 3.63) is 65.5 Å². The van der Waals surface area contributed by atoms with Gasteiger partial charge >= 0.3 is 0 Å². The first-order valence-corrected chi connectivity index (χ1v) is 6.65. The number of hydrogen-bond acceptors (Lipinski definition) is 3. The number of nitrogens with one attached hydrogen (secondary N) is 2. The molecule has 0 unspecified atom stereocenters. The lowest BCUT2D eigenvalue weighted by Gasteiger charge is -2.07. The van der Waals surface area contributed by atoms with Gasteiger partial charge in [0.05, 0.1) is 12.1 Å². The molecule has 0 aliphatic rings. The molecule has 0 fully saturated rings. The molecule has 108 valence electrons. The topological polar surface area (TPSA) is 71.1 Å². The van der Waals surface area contributed by atoms with Gasteiger partial charge in [0, 0.05) is 18.9 Å². The van der Waals surface area contributed by atoms with Crippen molar-refractivity contribution in [3.63, 3.8) is 0 Å². The van der Waals surface area contributed by atoms with Crippen molar-refractivity contribution in [1.82, 2.24) is 15.6 Å². The molecule has 2 aromatic rings. The summed E-state index contributed by atoms with van der Waals surface area (Å²) in [6.45, 7) is 2.39. The minimum atomic E-state index is -0.311. The van der Waals surface area contributed by atoms with E-state index >= 15 is 0 Å². The Kier molecular flexibility index (Phi) is 5.04. The van der Waals surface area contributed by atoms with Gasteiger partial charge in [0.2, 0.25) is 5.91 Å². The van der Waals surface area contributed by atoms with Gasteiger partial charge in [-0.3, -0.25) is 14.6 Å². The lowest BCUT2D eigenvalue weighted by molar-refractivity contribution is -0.120. The van der Waals surface area contributed by atoms with E-state index in [9.17, 15) is 9.59 Å². The zero-order valence-electron chi connectivity index (χ0n) is 11.8. The second-order valence-corrected chi connectivity index (χ2v) is 4.69. The van der Waals surface area contributed by atoms with Crippen molar-refractivity contribution in [3.8, 4) is 0 Å². The van der Waals surface area contributed by atoms with Gasteiger partial charge in [-0.2, -0.15) is 0 Å². The van der Waals surface area contributed by atoms with Crippen LogP contribution in [0.1, 0.15) is 21.5 Å². The number of carbonyl (C=O) groups is 2. The normalized spacial score (nSPS) is 9.95. The average molecular weight is 283 g/mol. The predicted octanol–water partition coefficient (Wildman–Crippen LogP) is 1.44. The fraction of sp³-hybridized carbons (Fsp3) is 0.188. The van der Waals surface area contributed by atoms with E-state index < -0.39 is 0 Å². The highest BCUT2D eigenvalue weighted by Gasteiger charge is 2.07. The molecule has 2 rings (SSSR count). The second-order valence-electron chi connectivity index (χ2n) is 4.69. The molecule has 0 radical (unpaired) electrons. The molecule has 0 saturated heterocycles. The number of hydrogen-bond donors (Lipinski definition) is 2. The maximum Gasteiger partial charge on any atom is 0.253 e. The summed E-state index contributed by atoms with van der Waals surface area (Å²) in [7, 11) is 0. The summed E-state index contributed by atoms with van der Waals surface area (Å²) in [5, 5.41) is 5.32. The molecule has 0 bridgehead atoms. The van der Waals surface area contributed by atoms with Crippen molar-refractivity contribution >= 4 is 11.8 Å². The summed E-state index contributed by atoms with van der Waals surface area (Å²) < 4.78 is 0. The van der Waals surface area contributed by atoms with E-state index in [-0.39, 0.29) is 18.4 Å². The Morgan fingerprint density at radius 3 is 2.71 bits per heavy atom. The molecule has 0 aliphatic heterocycles. The lowest BCUT2D eigenvalue weighted by atomic mass is 10.1. The van der Waals surface area contributed by atoms with E-state index in [0.717, 1.165) is 11.1 Å². The van der Waals surface area contributed by atoms with Gasteiger partial charge in [0.25, 0.3) is 5.91 Å². The minimum absolute atomic E-state index is 0.0560. The van der Waals surface area contributed by atoms with Crippen LogP contribution < -0.4 is 10.6 Å². The number of benzene rings is 1. The molecule has 0 spiro atoms. The summed E-state index contributed by atoms with van der Waals surface area (Å²) in [5.41, 5.74) is 2.61. The zero-order chi connectivity index (χ0) is 15.1. The number of aryl methyl sites for hydroxylation is 1. The Morgan fingerprint density at radius 2 is 2.00 bits per heavy atom. The van der Waals surface area contributed by atoms with Crippen LogP contribution in [0.2, 0.25) is 0 Å². The summed E-state index contributed by atoms with van der Waals surface area (Å²) >= 11 is 0.